The molecular weight excluding hydrogens is 985 g/mol. The first-order chi connectivity index (χ1) is 36.6. The Morgan fingerprint density at radius 3 is 1.34 bits per heavy atom. The van der Waals surface area contributed by atoms with Crippen LogP contribution in [0.5, 0.6) is 0 Å². The minimum Gasteiger partial charge on any atom is -0.481 e. The van der Waals surface area contributed by atoms with Gasteiger partial charge in [0, 0.05) is 35.5 Å². The van der Waals surface area contributed by atoms with Gasteiger partial charge in [0.1, 0.15) is 18.2 Å². The molecule has 11 rings (SSSR count). The summed E-state index contributed by atoms with van der Waals surface area (Å²) in [6.45, 7) is 46.7. The Balaban J connectivity index is 0.000000181. The number of ether oxygens (including phenoxy) is 1. The summed E-state index contributed by atoms with van der Waals surface area (Å²) in [5.74, 6) is -0.809. The van der Waals surface area contributed by atoms with E-state index in [-0.39, 0.29) is 127 Å². The van der Waals surface area contributed by atoms with Gasteiger partial charge in [-0.2, -0.15) is 0 Å². The summed E-state index contributed by atoms with van der Waals surface area (Å²) in [4.78, 5) is 89.9. The molecular formula is C69H92N2O8. The van der Waals surface area contributed by atoms with Gasteiger partial charge < -0.3 is 19.4 Å². The van der Waals surface area contributed by atoms with Gasteiger partial charge in [0.25, 0.3) is 0 Å². The summed E-state index contributed by atoms with van der Waals surface area (Å²) in [6.07, 6.45) is 16.3. The molecule has 1 aromatic rings. The molecule has 0 aliphatic heterocycles. The molecule has 1 aromatic carbocycles. The van der Waals surface area contributed by atoms with Crippen LogP contribution >= 0.6 is 0 Å². The smallest absolute Gasteiger partial charge is 0.312 e. The molecule has 10 aliphatic carbocycles. The van der Waals surface area contributed by atoms with E-state index in [0.717, 1.165) is 82.6 Å². The summed E-state index contributed by atoms with van der Waals surface area (Å²) in [6, 6.07) is 9.87. The molecule has 10 nitrogen and oxygen atoms in total. The van der Waals surface area contributed by atoms with Crippen molar-refractivity contribution in [3.05, 3.63) is 82.3 Å². The Morgan fingerprint density at radius 1 is 0.532 bits per heavy atom. The molecule has 0 bridgehead atoms. The first-order valence-electron chi connectivity index (χ1n) is 30.4. The summed E-state index contributed by atoms with van der Waals surface area (Å²) in [5, 5.41) is 10.5. The highest BCUT2D eigenvalue weighted by Crippen LogP contribution is 2.78. The fourth-order valence-corrected chi connectivity index (χ4v) is 22.1. The first kappa shape index (κ1) is 57.5. The van der Waals surface area contributed by atoms with Crippen molar-refractivity contribution in [3.8, 4) is 0 Å². The van der Waals surface area contributed by atoms with E-state index >= 15 is 0 Å². The second-order valence-corrected chi connectivity index (χ2v) is 32.0. The zero-order valence-electron chi connectivity index (χ0n) is 50.4. The number of carboxylic acid groups (broad SMARTS) is 1. The average Bonchev–Trinajstić information content (AvgIpc) is 1.98. The summed E-state index contributed by atoms with van der Waals surface area (Å²) >= 11 is 0. The number of esters is 1. The molecule has 0 spiro atoms. The van der Waals surface area contributed by atoms with Gasteiger partial charge in [0.15, 0.2) is 11.6 Å². The highest BCUT2D eigenvalue weighted by molar-refractivity contribution is 6.03. The summed E-state index contributed by atoms with van der Waals surface area (Å²) < 4.78 is 6.10. The van der Waals surface area contributed by atoms with Crippen molar-refractivity contribution >= 4 is 35.1 Å². The van der Waals surface area contributed by atoms with Crippen LogP contribution in [0.4, 0.5) is 0 Å². The average molecular weight is 1080 g/mol. The van der Waals surface area contributed by atoms with Crippen LogP contribution in [0.2, 0.25) is 0 Å². The number of fused-ring (bicyclic) bond motifs is 14. The number of hydrogen-bond acceptors (Lipinski definition) is 7. The van der Waals surface area contributed by atoms with E-state index in [1.54, 1.807) is 0 Å². The second-order valence-electron chi connectivity index (χ2n) is 32.0. The maximum Gasteiger partial charge on any atom is 0.312 e. The van der Waals surface area contributed by atoms with Crippen molar-refractivity contribution in [1.29, 1.82) is 0 Å². The van der Waals surface area contributed by atoms with Crippen molar-refractivity contribution in [2.24, 2.45) is 112 Å². The number of aliphatic carboxylic acids is 1. The Hall–Kier alpha value is -4.70. The van der Waals surface area contributed by atoms with E-state index in [9.17, 15) is 33.9 Å². The fourth-order valence-electron chi connectivity index (χ4n) is 22.1. The van der Waals surface area contributed by atoms with Gasteiger partial charge in [0.05, 0.1) is 24.0 Å². The third-order valence-electron chi connectivity index (χ3n) is 26.9. The molecule has 8 fully saturated rings. The zero-order chi connectivity index (χ0) is 57.9. The predicted octanol–water partition coefficient (Wildman–Crippen LogP) is 15.1. The van der Waals surface area contributed by atoms with Gasteiger partial charge in [0.2, 0.25) is 11.4 Å². The van der Waals surface area contributed by atoms with E-state index in [1.165, 1.54) is 0 Å². The van der Waals surface area contributed by atoms with E-state index < -0.39 is 38.5 Å². The highest BCUT2D eigenvalue weighted by atomic mass is 16.5. The van der Waals surface area contributed by atoms with Crippen LogP contribution in [0.25, 0.3) is 9.69 Å². The predicted molar refractivity (Wildman–Crippen MR) is 304 cm³/mol. The molecule has 426 valence electrons. The Bertz CT molecular complexity index is 2950. The van der Waals surface area contributed by atoms with Crippen LogP contribution in [-0.2, 0) is 40.1 Å². The largest absolute Gasteiger partial charge is 0.481 e. The molecule has 1 N–H and O–H groups in total. The zero-order valence-corrected chi connectivity index (χ0v) is 50.4. The molecule has 79 heavy (non-hydrogen) atoms. The van der Waals surface area contributed by atoms with E-state index in [4.69, 9.17) is 17.9 Å². The molecule has 0 amide bonds. The monoisotopic (exact) mass is 1080 g/mol. The Labute approximate surface area is 472 Å². The molecule has 0 saturated heterocycles. The minimum absolute atomic E-state index is 0.0323. The van der Waals surface area contributed by atoms with Crippen molar-refractivity contribution in [2.45, 2.75) is 206 Å². The lowest BCUT2D eigenvalue weighted by molar-refractivity contribution is -0.227. The van der Waals surface area contributed by atoms with Gasteiger partial charge >= 0.3 is 11.9 Å². The van der Waals surface area contributed by atoms with Crippen LogP contribution in [-0.4, -0.2) is 40.2 Å². The maximum absolute atomic E-state index is 14.7. The van der Waals surface area contributed by atoms with Gasteiger partial charge in [-0.15, -0.1) is 0 Å². The first-order valence-corrected chi connectivity index (χ1v) is 30.4. The standard InChI is InChI=1S/C38H49NO4.C31H43NO4/c1-33(2)16-18-38(32(42)43-23-24-12-10-9-11-13-24)19-17-37(7)30(25(38)21-33)27(40)20-29-35(5)22-26(39-8)31(41)34(3,4)28(35)14-15-36(29,37)6;1-26(2)11-13-31(25(35)36)14-12-30(7)23(18(31)16-26)20(33)15-22-28(5)17-19(32-8)24(34)27(3,4)21(28)9-10-29(22,30)6/h9-13,22,25,28-30H,14-21,23H2,1-7H3;17-18,21-23H,9-16H2,1-7H3,(H,35,36)/t25-,28-,29+,30-,35-,36+,37+,38-;18-,21-,22+,23-,28-,29+,30+,31-/m00/s1. The summed E-state index contributed by atoms with van der Waals surface area (Å²) in [5.41, 5.74) is -2.89. The third-order valence-corrected chi connectivity index (χ3v) is 26.9. The van der Waals surface area contributed by atoms with E-state index in [0.29, 0.717) is 25.7 Å². The lowest BCUT2D eigenvalue weighted by atomic mass is 9.31. The number of nitrogens with zero attached hydrogens (tertiary/aromatic N) is 2. The van der Waals surface area contributed by atoms with Gasteiger partial charge in [-0.1, -0.05) is 139 Å². The number of rotatable bonds is 4. The quantitative estimate of drug-likeness (QED) is 0.232. The van der Waals surface area contributed by atoms with Crippen LogP contribution in [0.1, 0.15) is 205 Å². The number of carbonyl (C=O) groups is 6. The number of carbonyl (C=O) groups excluding carboxylic acids is 5. The molecule has 0 aromatic heterocycles. The van der Waals surface area contributed by atoms with Crippen LogP contribution < -0.4 is 0 Å². The minimum atomic E-state index is -0.796. The normalized spacial score (nSPS) is 45.5. The van der Waals surface area contributed by atoms with E-state index in [1.807, 2.05) is 70.2 Å². The molecule has 10 aliphatic rings. The maximum atomic E-state index is 14.7. The molecule has 0 heterocycles. The van der Waals surface area contributed by atoms with Crippen molar-refractivity contribution in [3.63, 3.8) is 0 Å². The van der Waals surface area contributed by atoms with Crippen molar-refractivity contribution in [2.75, 3.05) is 0 Å². The SMILES string of the molecule is [C-]#[N+]C1=C[C@]2(C)[C@H]3CC(=O)[C@@H]4[C@@H]5CC(C)(C)CC[C@]5(C(=O)O)CC[C@@]4(C)[C@]3(C)CC[C@H]2C(C)(C)C1=O.[C-]#[N+]C1=C[C@]2(C)[C@H]3CC(=O)[C@@H]4[C@@H]5CC(C)(C)CC[C@]5(C(=O)OCc5ccccc5)CC[C@@]4(C)[C@]3(C)CC[C@H]2C(C)(C)C1=O. The van der Waals surface area contributed by atoms with Crippen LogP contribution in [0.3, 0.4) is 0 Å². The lowest BCUT2D eigenvalue weighted by Crippen LogP contribution is -2.69. The Kier molecular flexibility index (Phi) is 13.2. The molecule has 10 heteroatoms. The fraction of sp³-hybridized carbons (Fsp3) is 0.739. The van der Waals surface area contributed by atoms with E-state index in [2.05, 4.69) is 78.9 Å². The second kappa shape index (κ2) is 18.1. The van der Waals surface area contributed by atoms with Crippen molar-refractivity contribution < 1.29 is 38.6 Å². The number of carboxylic acids is 1. The number of Topliss-reactive ketones (excluding diaryl/α,β-unsaturated/α-hetero) is 4. The number of allylic oxidation sites excluding steroid dienone is 4. The lowest BCUT2D eigenvalue weighted by Gasteiger charge is -2.71. The van der Waals surface area contributed by atoms with Crippen LogP contribution in [0.15, 0.2) is 53.9 Å². The van der Waals surface area contributed by atoms with Crippen LogP contribution in [0, 0.1) is 125 Å². The molecule has 16 atom stereocenters. The highest BCUT2D eigenvalue weighted by Gasteiger charge is 2.75. The number of ketones is 4. The van der Waals surface area contributed by atoms with Gasteiger partial charge in [-0.05, 0) is 174 Å². The van der Waals surface area contributed by atoms with Crippen molar-refractivity contribution in [1.82, 2.24) is 0 Å². The molecule has 0 unspecified atom stereocenters. The molecule has 8 saturated carbocycles. The topological polar surface area (TPSA) is 141 Å². The van der Waals surface area contributed by atoms with Gasteiger partial charge in [-0.3, -0.25) is 19.2 Å². The summed E-state index contributed by atoms with van der Waals surface area (Å²) in [7, 11) is 0. The molecule has 0 radical (unpaired) electrons. The Morgan fingerprint density at radius 2 is 0.924 bits per heavy atom. The van der Waals surface area contributed by atoms with Gasteiger partial charge in [-0.25, -0.2) is 9.69 Å². The number of hydrogen-bond donors (Lipinski definition) is 1. The third kappa shape index (κ3) is 7.82. The number of benzene rings is 1.